The standard InChI is InChI=1S/C15H15N5/c1-20-9-16-13-8-10(2-6-14(13)20)12-5-7-15(19-18-12)17-11-3-4-11/h2,5-9,11H,3-4H2,1H3,(H,17,19). The summed E-state index contributed by atoms with van der Waals surface area (Å²) in [6.07, 6.45) is 4.29. The number of aromatic nitrogens is 4. The van der Waals surface area contributed by atoms with Crippen LogP contribution in [0.5, 0.6) is 0 Å². The first-order valence-corrected chi connectivity index (χ1v) is 6.81. The molecule has 20 heavy (non-hydrogen) atoms. The van der Waals surface area contributed by atoms with Crippen molar-refractivity contribution >= 4 is 16.9 Å². The zero-order chi connectivity index (χ0) is 13.5. The van der Waals surface area contributed by atoms with E-state index >= 15 is 0 Å². The van der Waals surface area contributed by atoms with E-state index in [0.717, 1.165) is 28.1 Å². The van der Waals surface area contributed by atoms with Gasteiger partial charge in [-0.3, -0.25) is 0 Å². The predicted molar refractivity (Wildman–Crippen MR) is 78.4 cm³/mol. The topological polar surface area (TPSA) is 55.6 Å². The van der Waals surface area contributed by atoms with Crippen LogP contribution < -0.4 is 5.32 Å². The van der Waals surface area contributed by atoms with E-state index in [4.69, 9.17) is 0 Å². The van der Waals surface area contributed by atoms with Crippen molar-refractivity contribution in [3.05, 3.63) is 36.7 Å². The number of aryl methyl sites for hydroxylation is 1. The molecule has 5 heteroatoms. The molecule has 0 atom stereocenters. The normalized spacial score (nSPS) is 14.7. The van der Waals surface area contributed by atoms with E-state index in [-0.39, 0.29) is 0 Å². The summed E-state index contributed by atoms with van der Waals surface area (Å²) in [4.78, 5) is 4.37. The maximum atomic E-state index is 4.37. The Kier molecular flexibility index (Phi) is 2.45. The Morgan fingerprint density at radius 1 is 1.15 bits per heavy atom. The van der Waals surface area contributed by atoms with E-state index in [0.29, 0.717) is 6.04 Å². The summed E-state index contributed by atoms with van der Waals surface area (Å²) in [5.41, 5.74) is 4.02. The second-order valence-corrected chi connectivity index (χ2v) is 5.28. The van der Waals surface area contributed by atoms with Crippen LogP contribution in [0.25, 0.3) is 22.3 Å². The molecule has 100 valence electrons. The molecule has 2 heterocycles. The summed E-state index contributed by atoms with van der Waals surface area (Å²) in [6.45, 7) is 0. The van der Waals surface area contributed by atoms with Crippen LogP contribution in [0.4, 0.5) is 5.82 Å². The summed E-state index contributed by atoms with van der Waals surface area (Å²) < 4.78 is 2.01. The lowest BCUT2D eigenvalue weighted by molar-refractivity contribution is 0.947. The van der Waals surface area contributed by atoms with Gasteiger partial charge in [-0.15, -0.1) is 10.2 Å². The molecular formula is C15H15N5. The monoisotopic (exact) mass is 265 g/mol. The summed E-state index contributed by atoms with van der Waals surface area (Å²) in [5, 5.41) is 11.9. The summed E-state index contributed by atoms with van der Waals surface area (Å²) in [6, 6.07) is 10.8. The van der Waals surface area contributed by atoms with Crippen molar-refractivity contribution in [1.29, 1.82) is 0 Å². The molecule has 1 fully saturated rings. The minimum Gasteiger partial charge on any atom is -0.366 e. The number of nitrogens with one attached hydrogen (secondary N) is 1. The number of hydrogen-bond donors (Lipinski definition) is 1. The average molecular weight is 265 g/mol. The number of fused-ring (bicyclic) bond motifs is 1. The van der Waals surface area contributed by atoms with E-state index in [9.17, 15) is 0 Å². The number of benzene rings is 1. The Morgan fingerprint density at radius 2 is 2.05 bits per heavy atom. The highest BCUT2D eigenvalue weighted by atomic mass is 15.2. The molecule has 1 saturated carbocycles. The molecule has 0 spiro atoms. The van der Waals surface area contributed by atoms with Crippen LogP contribution in [0.2, 0.25) is 0 Å². The predicted octanol–water partition coefficient (Wildman–Crippen LogP) is 2.60. The van der Waals surface area contributed by atoms with Gasteiger partial charge < -0.3 is 9.88 Å². The molecule has 4 rings (SSSR count). The number of rotatable bonds is 3. The molecule has 5 nitrogen and oxygen atoms in total. The third-order valence-electron chi connectivity index (χ3n) is 3.62. The summed E-state index contributed by atoms with van der Waals surface area (Å²) >= 11 is 0. The van der Waals surface area contributed by atoms with Crippen LogP contribution in [-0.4, -0.2) is 25.8 Å². The van der Waals surface area contributed by atoms with Crippen molar-refractivity contribution < 1.29 is 0 Å². The highest BCUT2D eigenvalue weighted by Crippen LogP contribution is 2.25. The Bertz CT molecular complexity index is 756. The molecule has 0 aliphatic heterocycles. The smallest absolute Gasteiger partial charge is 0.148 e. The summed E-state index contributed by atoms with van der Waals surface area (Å²) in [7, 11) is 1.99. The van der Waals surface area contributed by atoms with E-state index in [1.54, 1.807) is 0 Å². The maximum Gasteiger partial charge on any atom is 0.148 e. The zero-order valence-corrected chi connectivity index (χ0v) is 11.2. The molecule has 2 aromatic heterocycles. The van der Waals surface area contributed by atoms with E-state index in [1.165, 1.54) is 12.8 Å². The van der Waals surface area contributed by atoms with Crippen molar-refractivity contribution in [2.24, 2.45) is 7.05 Å². The second-order valence-electron chi connectivity index (χ2n) is 5.28. The Balaban J connectivity index is 1.66. The molecule has 0 unspecified atom stereocenters. The van der Waals surface area contributed by atoms with Crippen molar-refractivity contribution in [3.63, 3.8) is 0 Å². The van der Waals surface area contributed by atoms with Crippen molar-refractivity contribution in [3.8, 4) is 11.3 Å². The van der Waals surface area contributed by atoms with Gasteiger partial charge in [-0.2, -0.15) is 0 Å². The van der Waals surface area contributed by atoms with Crippen LogP contribution in [0.1, 0.15) is 12.8 Å². The fourth-order valence-electron chi connectivity index (χ4n) is 2.30. The van der Waals surface area contributed by atoms with Crippen LogP contribution >= 0.6 is 0 Å². The second kappa shape index (κ2) is 4.30. The van der Waals surface area contributed by atoms with Gasteiger partial charge in [0.15, 0.2) is 0 Å². The van der Waals surface area contributed by atoms with Gasteiger partial charge in [-0.1, -0.05) is 6.07 Å². The maximum absolute atomic E-state index is 4.37. The first-order chi connectivity index (χ1) is 9.79. The van der Waals surface area contributed by atoms with Gasteiger partial charge in [0.1, 0.15) is 5.82 Å². The lowest BCUT2D eigenvalue weighted by Gasteiger charge is -2.04. The van der Waals surface area contributed by atoms with E-state index in [1.807, 2.05) is 36.1 Å². The van der Waals surface area contributed by atoms with Gasteiger partial charge in [-0.25, -0.2) is 4.98 Å². The molecular weight excluding hydrogens is 250 g/mol. The first-order valence-electron chi connectivity index (χ1n) is 6.81. The highest BCUT2D eigenvalue weighted by Gasteiger charge is 2.21. The molecule has 1 aliphatic rings. The van der Waals surface area contributed by atoms with E-state index < -0.39 is 0 Å². The fourth-order valence-corrected chi connectivity index (χ4v) is 2.30. The van der Waals surface area contributed by atoms with Crippen molar-refractivity contribution in [2.75, 3.05) is 5.32 Å². The average Bonchev–Trinajstić information content (AvgIpc) is 3.22. The SMILES string of the molecule is Cn1cnc2cc(-c3ccc(NC4CC4)nn3)ccc21. The minimum absolute atomic E-state index is 0.597. The Morgan fingerprint density at radius 3 is 2.80 bits per heavy atom. The zero-order valence-electron chi connectivity index (χ0n) is 11.2. The number of nitrogens with zero attached hydrogens (tertiary/aromatic N) is 4. The number of hydrogen-bond acceptors (Lipinski definition) is 4. The molecule has 0 amide bonds. The summed E-state index contributed by atoms with van der Waals surface area (Å²) in [5.74, 6) is 0.857. The quantitative estimate of drug-likeness (QED) is 0.791. The molecule has 0 bridgehead atoms. The molecule has 0 radical (unpaired) electrons. The molecule has 1 aromatic carbocycles. The lowest BCUT2D eigenvalue weighted by atomic mass is 10.1. The number of imidazole rings is 1. The van der Waals surface area contributed by atoms with Gasteiger partial charge >= 0.3 is 0 Å². The number of anilines is 1. The molecule has 3 aromatic rings. The Labute approximate surface area is 116 Å². The highest BCUT2D eigenvalue weighted by molar-refractivity contribution is 5.81. The fraction of sp³-hybridized carbons (Fsp3) is 0.267. The van der Waals surface area contributed by atoms with Crippen molar-refractivity contribution in [1.82, 2.24) is 19.7 Å². The molecule has 1 aliphatic carbocycles. The van der Waals surface area contributed by atoms with Crippen LogP contribution in [0.15, 0.2) is 36.7 Å². The van der Waals surface area contributed by atoms with Gasteiger partial charge in [0, 0.05) is 18.7 Å². The lowest BCUT2D eigenvalue weighted by Crippen LogP contribution is -2.03. The van der Waals surface area contributed by atoms with Crippen LogP contribution in [0.3, 0.4) is 0 Å². The minimum atomic E-state index is 0.597. The van der Waals surface area contributed by atoms with Gasteiger partial charge in [0.2, 0.25) is 0 Å². The first kappa shape index (κ1) is 11.4. The van der Waals surface area contributed by atoms with E-state index in [2.05, 4.69) is 32.6 Å². The third-order valence-corrected chi connectivity index (χ3v) is 3.62. The molecule has 1 N–H and O–H groups in total. The molecule has 0 saturated heterocycles. The van der Waals surface area contributed by atoms with Gasteiger partial charge in [0.05, 0.1) is 23.1 Å². The van der Waals surface area contributed by atoms with Crippen LogP contribution in [-0.2, 0) is 7.05 Å². The third kappa shape index (κ3) is 2.01. The van der Waals surface area contributed by atoms with Crippen LogP contribution in [0, 0.1) is 0 Å². The Hall–Kier alpha value is -2.43. The van der Waals surface area contributed by atoms with Gasteiger partial charge in [0.25, 0.3) is 0 Å². The van der Waals surface area contributed by atoms with Gasteiger partial charge in [-0.05, 0) is 37.1 Å². The largest absolute Gasteiger partial charge is 0.366 e. The van der Waals surface area contributed by atoms with Crippen molar-refractivity contribution in [2.45, 2.75) is 18.9 Å².